The van der Waals surface area contributed by atoms with Gasteiger partial charge in [0.25, 0.3) is 5.91 Å². The Kier molecular flexibility index (Phi) is 4.16. The minimum atomic E-state index is -0.531. The van der Waals surface area contributed by atoms with Crippen LogP contribution in [-0.2, 0) is 7.05 Å². The molecule has 1 aliphatic heterocycles. The molecule has 2 aliphatic rings. The van der Waals surface area contributed by atoms with Gasteiger partial charge in [0.15, 0.2) is 0 Å². The highest BCUT2D eigenvalue weighted by Crippen LogP contribution is 2.54. The van der Waals surface area contributed by atoms with Crippen molar-refractivity contribution in [3.05, 3.63) is 40.3 Å². The first-order chi connectivity index (χ1) is 12.4. The highest BCUT2D eigenvalue weighted by molar-refractivity contribution is 6.31. The van der Waals surface area contributed by atoms with E-state index in [1.165, 1.54) is 24.6 Å². The molecule has 2 heterocycles. The largest absolute Gasteiger partial charge is 0.383 e. The Hall–Kier alpha value is -2.12. The van der Waals surface area contributed by atoms with Crippen LogP contribution in [0.1, 0.15) is 41.2 Å². The number of carbonyl (C=O) groups is 1. The van der Waals surface area contributed by atoms with Gasteiger partial charge in [-0.3, -0.25) is 9.48 Å². The molecule has 1 spiro atoms. The fourth-order valence-electron chi connectivity index (χ4n) is 4.17. The molecule has 1 saturated heterocycles. The van der Waals surface area contributed by atoms with E-state index in [1.54, 1.807) is 11.7 Å². The normalized spacial score (nSPS) is 24.7. The molecule has 2 fully saturated rings. The fourth-order valence-corrected chi connectivity index (χ4v) is 4.35. The summed E-state index contributed by atoms with van der Waals surface area (Å²) in [6, 6.07) is 4.06. The zero-order valence-electron chi connectivity index (χ0n) is 14.5. The maximum atomic E-state index is 13.3. The summed E-state index contributed by atoms with van der Waals surface area (Å²) in [5.41, 5.74) is 8.02. The standard InChI is InChI=1S/C18H21ClFN5O/c1-25-16(21)14(17(26)23-11-2-3-13(20)12(19)6-11)15(24-25)10-7-18(8-10)4-5-22-9-18/h2-3,6,10,22H,4-5,7-9,21H2,1H3,(H,23,26). The molecule has 8 heteroatoms. The molecule has 1 aromatic heterocycles. The minimum Gasteiger partial charge on any atom is -0.383 e. The molecule has 1 aromatic carbocycles. The van der Waals surface area contributed by atoms with Crippen LogP contribution in [0.15, 0.2) is 18.2 Å². The number of aromatic nitrogens is 2. The number of hydrogen-bond acceptors (Lipinski definition) is 4. The summed E-state index contributed by atoms with van der Waals surface area (Å²) in [6.07, 6.45) is 3.19. The predicted octanol–water partition coefficient (Wildman–Crippen LogP) is 2.90. The lowest BCUT2D eigenvalue weighted by Crippen LogP contribution is -2.38. The molecule has 0 atom stereocenters. The van der Waals surface area contributed by atoms with Crippen molar-refractivity contribution in [3.8, 4) is 0 Å². The Morgan fingerprint density at radius 3 is 2.92 bits per heavy atom. The summed E-state index contributed by atoms with van der Waals surface area (Å²) in [5, 5.41) is 10.6. The summed E-state index contributed by atoms with van der Waals surface area (Å²) in [7, 11) is 1.73. The van der Waals surface area contributed by atoms with Crippen LogP contribution >= 0.6 is 11.6 Å². The first-order valence-corrected chi connectivity index (χ1v) is 9.06. The van der Waals surface area contributed by atoms with Crippen LogP contribution in [0, 0.1) is 11.2 Å². The lowest BCUT2D eigenvalue weighted by molar-refractivity contribution is 0.101. The molecule has 0 radical (unpaired) electrons. The lowest BCUT2D eigenvalue weighted by atomic mass is 9.60. The van der Waals surface area contributed by atoms with Gasteiger partial charge in [-0.1, -0.05) is 11.6 Å². The Balaban J connectivity index is 1.57. The third-order valence-electron chi connectivity index (χ3n) is 5.60. The molecule has 6 nitrogen and oxygen atoms in total. The molecule has 0 unspecified atom stereocenters. The van der Waals surface area contributed by atoms with Crippen LogP contribution in [0.5, 0.6) is 0 Å². The number of anilines is 2. The Labute approximate surface area is 155 Å². The van der Waals surface area contributed by atoms with E-state index in [9.17, 15) is 9.18 Å². The van der Waals surface area contributed by atoms with Crippen LogP contribution < -0.4 is 16.4 Å². The third-order valence-corrected chi connectivity index (χ3v) is 5.89. The second-order valence-electron chi connectivity index (χ2n) is 7.38. The number of benzene rings is 1. The molecule has 2 aromatic rings. The first-order valence-electron chi connectivity index (χ1n) is 8.68. The van der Waals surface area contributed by atoms with E-state index in [0.29, 0.717) is 22.5 Å². The number of carbonyl (C=O) groups excluding carboxylic acids is 1. The van der Waals surface area contributed by atoms with Crippen LogP contribution in [0.4, 0.5) is 15.9 Å². The van der Waals surface area contributed by atoms with Gasteiger partial charge in [0.1, 0.15) is 17.2 Å². The zero-order chi connectivity index (χ0) is 18.5. The van der Waals surface area contributed by atoms with E-state index < -0.39 is 5.82 Å². The van der Waals surface area contributed by atoms with Crippen LogP contribution in [0.2, 0.25) is 5.02 Å². The van der Waals surface area contributed by atoms with Crippen LogP contribution in [0.3, 0.4) is 0 Å². The van der Waals surface area contributed by atoms with E-state index in [1.807, 2.05) is 0 Å². The number of halogens is 2. The van der Waals surface area contributed by atoms with Gasteiger partial charge in [0.05, 0.1) is 10.7 Å². The van der Waals surface area contributed by atoms with Gasteiger partial charge >= 0.3 is 0 Å². The van der Waals surface area contributed by atoms with Crippen molar-refractivity contribution < 1.29 is 9.18 Å². The van der Waals surface area contributed by atoms with Gasteiger partial charge in [-0.05, 0) is 49.4 Å². The number of nitrogens with two attached hydrogens (primary N) is 1. The molecule has 4 N–H and O–H groups in total. The van der Waals surface area contributed by atoms with Crippen molar-refractivity contribution in [1.29, 1.82) is 0 Å². The van der Waals surface area contributed by atoms with E-state index in [2.05, 4.69) is 15.7 Å². The molecular formula is C18H21ClFN5O. The van der Waals surface area contributed by atoms with Crippen molar-refractivity contribution in [1.82, 2.24) is 15.1 Å². The molecule has 138 valence electrons. The maximum absolute atomic E-state index is 13.3. The topological polar surface area (TPSA) is 85.0 Å². The molecule has 0 bridgehead atoms. The lowest BCUT2D eigenvalue weighted by Gasteiger charge is -2.44. The molecule has 26 heavy (non-hydrogen) atoms. The van der Waals surface area contributed by atoms with E-state index in [4.69, 9.17) is 17.3 Å². The smallest absolute Gasteiger partial charge is 0.261 e. The Morgan fingerprint density at radius 2 is 2.27 bits per heavy atom. The number of rotatable bonds is 3. The van der Waals surface area contributed by atoms with Gasteiger partial charge < -0.3 is 16.4 Å². The quantitative estimate of drug-likeness (QED) is 0.767. The maximum Gasteiger partial charge on any atom is 0.261 e. The average Bonchev–Trinajstić information content (AvgIpc) is 3.15. The first kappa shape index (κ1) is 17.3. The number of aryl methyl sites for hydroxylation is 1. The summed E-state index contributed by atoms with van der Waals surface area (Å²) >= 11 is 5.79. The van der Waals surface area contributed by atoms with Gasteiger partial charge in [0.2, 0.25) is 0 Å². The van der Waals surface area contributed by atoms with Crippen molar-refractivity contribution in [3.63, 3.8) is 0 Å². The number of nitrogen functional groups attached to an aromatic ring is 1. The van der Waals surface area contributed by atoms with Gasteiger partial charge in [0, 0.05) is 25.2 Å². The van der Waals surface area contributed by atoms with E-state index in [-0.39, 0.29) is 16.8 Å². The monoisotopic (exact) mass is 377 g/mol. The van der Waals surface area contributed by atoms with Gasteiger partial charge in [-0.2, -0.15) is 5.10 Å². The molecular weight excluding hydrogens is 357 g/mol. The Bertz CT molecular complexity index is 867. The summed E-state index contributed by atoms with van der Waals surface area (Å²) in [6.45, 7) is 2.08. The van der Waals surface area contributed by atoms with Crippen molar-refractivity contribution in [2.75, 3.05) is 24.1 Å². The zero-order valence-corrected chi connectivity index (χ0v) is 15.2. The summed E-state index contributed by atoms with van der Waals surface area (Å²) < 4.78 is 14.9. The highest BCUT2D eigenvalue weighted by Gasteiger charge is 2.48. The molecule has 1 aliphatic carbocycles. The summed E-state index contributed by atoms with van der Waals surface area (Å²) in [5.74, 6) is -0.317. The highest BCUT2D eigenvalue weighted by atomic mass is 35.5. The number of amides is 1. The number of nitrogens with one attached hydrogen (secondary N) is 2. The third kappa shape index (κ3) is 2.85. The van der Waals surface area contributed by atoms with E-state index in [0.717, 1.165) is 31.6 Å². The number of hydrogen-bond donors (Lipinski definition) is 3. The summed E-state index contributed by atoms with van der Waals surface area (Å²) in [4.78, 5) is 12.8. The predicted molar refractivity (Wildman–Crippen MR) is 98.9 cm³/mol. The SMILES string of the molecule is Cn1nc(C2CC3(CCNC3)C2)c(C(=O)Nc2ccc(F)c(Cl)c2)c1N. The molecule has 1 amide bonds. The Morgan fingerprint density at radius 1 is 1.50 bits per heavy atom. The van der Waals surface area contributed by atoms with Crippen LogP contribution in [-0.4, -0.2) is 28.8 Å². The number of nitrogens with zero attached hydrogens (tertiary/aromatic N) is 2. The van der Waals surface area contributed by atoms with Crippen molar-refractivity contribution in [2.24, 2.45) is 12.5 Å². The minimum absolute atomic E-state index is 0.0446. The van der Waals surface area contributed by atoms with Crippen molar-refractivity contribution in [2.45, 2.75) is 25.2 Å². The molecule has 1 saturated carbocycles. The van der Waals surface area contributed by atoms with E-state index >= 15 is 0 Å². The molecule has 4 rings (SSSR count). The van der Waals surface area contributed by atoms with Gasteiger partial charge in [-0.25, -0.2) is 4.39 Å². The second-order valence-corrected chi connectivity index (χ2v) is 7.79. The van der Waals surface area contributed by atoms with Crippen LogP contribution in [0.25, 0.3) is 0 Å². The second kappa shape index (κ2) is 6.25. The average molecular weight is 378 g/mol. The van der Waals surface area contributed by atoms with Gasteiger partial charge in [-0.15, -0.1) is 0 Å². The van der Waals surface area contributed by atoms with Crippen molar-refractivity contribution >= 4 is 29.0 Å². The fraction of sp³-hybridized carbons (Fsp3) is 0.444.